The standard InChI is InChI=1S/C24H44O7S/c1-3-5-7-8-9-10-11-12-13-14-15-16-17-18-20-30-23(25)21-22(32(27,28)29)24(26)31-19-6-4-2/h4,6,22H,3,5,7-21H2,1-2H3,(H,27,28,29)/b6-4+. The van der Waals surface area contributed by atoms with Crippen LogP contribution in [0.2, 0.25) is 0 Å². The Morgan fingerprint density at radius 1 is 0.812 bits per heavy atom. The van der Waals surface area contributed by atoms with Crippen molar-refractivity contribution in [3.63, 3.8) is 0 Å². The van der Waals surface area contributed by atoms with E-state index in [1.807, 2.05) is 0 Å². The molecule has 188 valence electrons. The number of rotatable bonds is 21. The van der Waals surface area contributed by atoms with Crippen molar-refractivity contribution >= 4 is 22.1 Å². The summed E-state index contributed by atoms with van der Waals surface area (Å²) in [6.07, 6.45) is 19.4. The third kappa shape index (κ3) is 18.2. The lowest BCUT2D eigenvalue weighted by molar-refractivity contribution is -0.149. The lowest BCUT2D eigenvalue weighted by Crippen LogP contribution is -2.34. The molecule has 0 aliphatic heterocycles. The van der Waals surface area contributed by atoms with Crippen LogP contribution in [-0.2, 0) is 29.2 Å². The third-order valence-electron chi connectivity index (χ3n) is 5.29. The highest BCUT2D eigenvalue weighted by atomic mass is 32.2. The molecule has 0 saturated carbocycles. The highest BCUT2D eigenvalue weighted by Gasteiger charge is 2.35. The molecular formula is C24H44O7S. The van der Waals surface area contributed by atoms with Crippen molar-refractivity contribution in [1.82, 2.24) is 0 Å². The van der Waals surface area contributed by atoms with E-state index in [2.05, 4.69) is 6.92 Å². The molecule has 1 unspecified atom stereocenters. The van der Waals surface area contributed by atoms with Crippen LogP contribution in [0.1, 0.15) is 110 Å². The quantitative estimate of drug-likeness (QED) is 0.0968. The van der Waals surface area contributed by atoms with Gasteiger partial charge in [-0.05, 0) is 13.3 Å². The Kier molecular flexibility index (Phi) is 19.3. The summed E-state index contributed by atoms with van der Waals surface area (Å²) in [5, 5.41) is -1.96. The van der Waals surface area contributed by atoms with Crippen LogP contribution >= 0.6 is 0 Å². The first kappa shape index (κ1) is 30.6. The SMILES string of the molecule is C/C=C/COC(=O)C(CC(=O)OCCCCCCCCCCCCCCCC)S(=O)(=O)O. The van der Waals surface area contributed by atoms with Gasteiger partial charge in [0.15, 0.2) is 5.25 Å². The number of hydrogen-bond acceptors (Lipinski definition) is 6. The molecule has 0 saturated heterocycles. The minimum absolute atomic E-state index is 0.130. The smallest absolute Gasteiger partial charge is 0.327 e. The van der Waals surface area contributed by atoms with Gasteiger partial charge >= 0.3 is 11.9 Å². The first-order valence-electron chi connectivity index (χ1n) is 12.2. The maximum absolute atomic E-state index is 11.8. The van der Waals surface area contributed by atoms with Crippen molar-refractivity contribution in [1.29, 1.82) is 0 Å². The van der Waals surface area contributed by atoms with Gasteiger partial charge in [0, 0.05) is 0 Å². The number of ether oxygens (including phenoxy) is 2. The first-order valence-corrected chi connectivity index (χ1v) is 13.7. The van der Waals surface area contributed by atoms with E-state index in [1.165, 1.54) is 70.3 Å². The van der Waals surface area contributed by atoms with Gasteiger partial charge in [0.05, 0.1) is 13.0 Å². The molecule has 0 aromatic heterocycles. The molecule has 0 rings (SSSR count). The summed E-state index contributed by atoms with van der Waals surface area (Å²) in [5.41, 5.74) is 0. The fourth-order valence-corrected chi connectivity index (χ4v) is 3.98. The summed E-state index contributed by atoms with van der Waals surface area (Å²) in [5.74, 6) is -2.01. The van der Waals surface area contributed by atoms with Gasteiger partial charge in [-0.1, -0.05) is 103 Å². The van der Waals surface area contributed by atoms with Gasteiger partial charge in [-0.25, -0.2) is 0 Å². The Morgan fingerprint density at radius 2 is 1.28 bits per heavy atom. The van der Waals surface area contributed by atoms with E-state index in [4.69, 9.17) is 9.47 Å². The second kappa shape index (κ2) is 20.2. The third-order valence-corrected chi connectivity index (χ3v) is 6.37. The number of allylic oxidation sites excluding steroid dienone is 1. The van der Waals surface area contributed by atoms with Crippen LogP contribution in [-0.4, -0.2) is 43.4 Å². The molecule has 0 bridgehead atoms. The van der Waals surface area contributed by atoms with Gasteiger partial charge < -0.3 is 9.47 Å². The van der Waals surface area contributed by atoms with E-state index in [0.29, 0.717) is 6.42 Å². The zero-order valence-corrected chi connectivity index (χ0v) is 20.9. The van der Waals surface area contributed by atoms with Crippen molar-refractivity contribution in [2.24, 2.45) is 0 Å². The van der Waals surface area contributed by atoms with E-state index >= 15 is 0 Å². The molecule has 0 aliphatic carbocycles. The number of carbonyl (C=O) groups is 2. The van der Waals surface area contributed by atoms with Crippen LogP contribution in [0, 0.1) is 0 Å². The Balaban J connectivity index is 3.75. The van der Waals surface area contributed by atoms with Gasteiger partial charge in [0.2, 0.25) is 0 Å². The van der Waals surface area contributed by atoms with Crippen LogP contribution < -0.4 is 0 Å². The number of unbranched alkanes of at least 4 members (excludes halogenated alkanes) is 13. The molecule has 0 aliphatic rings. The molecule has 0 radical (unpaired) electrons. The van der Waals surface area contributed by atoms with Crippen LogP contribution in [0.25, 0.3) is 0 Å². The molecule has 7 nitrogen and oxygen atoms in total. The van der Waals surface area contributed by atoms with Crippen molar-refractivity contribution in [2.75, 3.05) is 13.2 Å². The Bertz CT molecular complexity index is 614. The molecule has 1 atom stereocenters. The van der Waals surface area contributed by atoms with E-state index < -0.39 is 33.7 Å². The van der Waals surface area contributed by atoms with E-state index in [1.54, 1.807) is 13.0 Å². The second-order valence-corrected chi connectivity index (χ2v) is 9.82. The Labute approximate surface area is 195 Å². The monoisotopic (exact) mass is 476 g/mol. The zero-order chi connectivity index (χ0) is 24.1. The molecule has 0 heterocycles. The predicted molar refractivity (Wildman–Crippen MR) is 127 cm³/mol. The molecule has 0 spiro atoms. The maximum atomic E-state index is 11.8. The normalized spacial score (nSPS) is 12.7. The predicted octanol–water partition coefficient (Wildman–Crippen LogP) is 5.78. The molecule has 32 heavy (non-hydrogen) atoms. The average molecular weight is 477 g/mol. The minimum atomic E-state index is -4.76. The van der Waals surface area contributed by atoms with Gasteiger partial charge in [0.25, 0.3) is 10.1 Å². The van der Waals surface area contributed by atoms with Crippen LogP contribution in [0.15, 0.2) is 12.2 Å². The van der Waals surface area contributed by atoms with E-state index in [0.717, 1.165) is 19.3 Å². The molecule has 0 aromatic carbocycles. The topological polar surface area (TPSA) is 107 Å². The largest absolute Gasteiger partial charge is 0.466 e. The van der Waals surface area contributed by atoms with Crippen molar-refractivity contribution in [3.8, 4) is 0 Å². The second-order valence-electron chi connectivity index (χ2n) is 8.22. The van der Waals surface area contributed by atoms with E-state index in [9.17, 15) is 22.6 Å². The fraction of sp³-hybridized carbons (Fsp3) is 0.833. The van der Waals surface area contributed by atoms with Crippen LogP contribution in [0.5, 0.6) is 0 Å². The summed E-state index contributed by atoms with van der Waals surface area (Å²) in [6.45, 7) is 3.99. The highest BCUT2D eigenvalue weighted by molar-refractivity contribution is 7.87. The lowest BCUT2D eigenvalue weighted by atomic mass is 10.0. The van der Waals surface area contributed by atoms with Gasteiger partial charge in [-0.3, -0.25) is 14.1 Å². The molecule has 0 aromatic rings. The van der Waals surface area contributed by atoms with Crippen molar-refractivity contribution in [2.45, 2.75) is 115 Å². The summed E-state index contributed by atoms with van der Waals surface area (Å²) in [7, 11) is -4.76. The average Bonchev–Trinajstić information content (AvgIpc) is 2.74. The molecule has 8 heteroatoms. The molecule has 0 amide bonds. The first-order chi connectivity index (χ1) is 15.3. The summed E-state index contributed by atoms with van der Waals surface area (Å²) in [4.78, 5) is 23.7. The number of esters is 2. The maximum Gasteiger partial charge on any atom is 0.327 e. The number of hydrogen-bond donors (Lipinski definition) is 1. The zero-order valence-electron chi connectivity index (χ0n) is 20.1. The highest BCUT2D eigenvalue weighted by Crippen LogP contribution is 2.13. The summed E-state index contributed by atoms with van der Waals surface area (Å²) >= 11 is 0. The Morgan fingerprint density at radius 3 is 1.72 bits per heavy atom. The molecule has 1 N–H and O–H groups in total. The molecular weight excluding hydrogens is 432 g/mol. The fourth-order valence-electron chi connectivity index (χ4n) is 3.32. The van der Waals surface area contributed by atoms with Gasteiger partial charge in [0.1, 0.15) is 6.61 Å². The minimum Gasteiger partial charge on any atom is -0.466 e. The van der Waals surface area contributed by atoms with Crippen LogP contribution in [0.3, 0.4) is 0 Å². The number of carbonyl (C=O) groups excluding carboxylic acids is 2. The summed E-state index contributed by atoms with van der Waals surface area (Å²) < 4.78 is 41.7. The van der Waals surface area contributed by atoms with Gasteiger partial charge in [-0.2, -0.15) is 8.42 Å². The van der Waals surface area contributed by atoms with Crippen molar-refractivity contribution in [3.05, 3.63) is 12.2 Å². The van der Waals surface area contributed by atoms with E-state index in [-0.39, 0.29) is 13.2 Å². The lowest BCUT2D eigenvalue weighted by Gasteiger charge is -2.12. The Hall–Kier alpha value is -1.41. The molecule has 0 fully saturated rings. The van der Waals surface area contributed by atoms with Gasteiger partial charge in [-0.15, -0.1) is 0 Å². The van der Waals surface area contributed by atoms with Crippen LogP contribution in [0.4, 0.5) is 0 Å². The summed E-state index contributed by atoms with van der Waals surface area (Å²) in [6, 6.07) is 0. The van der Waals surface area contributed by atoms with Crippen molar-refractivity contribution < 1.29 is 32.0 Å².